The van der Waals surface area contributed by atoms with Crippen LogP contribution in [0.3, 0.4) is 0 Å². The zero-order valence-corrected chi connectivity index (χ0v) is 9.84. The minimum absolute atomic E-state index is 0.0694. The normalized spacial score (nSPS) is 10.2. The fourth-order valence-electron chi connectivity index (χ4n) is 1.43. The van der Waals surface area contributed by atoms with Crippen LogP contribution in [0.5, 0.6) is 0 Å². The Bertz CT molecular complexity index is 475. The highest BCUT2D eigenvalue weighted by Crippen LogP contribution is 1.97. The molecule has 94 valence electrons. The van der Waals surface area contributed by atoms with E-state index in [1.165, 1.54) is 0 Å². The standard InChI is InChI=1S/C11H17N3O3/c1-2-3-4-5-6-12-9(15)8-7-13-11(17)14-10(8)16/h7H,2-6H2,1H3,(H,12,15)(H2,13,14,16,17). The summed E-state index contributed by atoms with van der Waals surface area (Å²) in [5.74, 6) is -0.459. The Kier molecular flexibility index (Phi) is 5.19. The number of H-pyrrole nitrogens is 2. The first-order chi connectivity index (χ1) is 8.15. The molecule has 1 rings (SSSR count). The lowest BCUT2D eigenvalue weighted by atomic mass is 10.2. The summed E-state index contributed by atoms with van der Waals surface area (Å²) >= 11 is 0. The Labute approximate surface area is 98.5 Å². The maximum absolute atomic E-state index is 11.6. The number of carbonyl (C=O) groups excluding carboxylic acids is 1. The van der Waals surface area contributed by atoms with Crippen molar-refractivity contribution in [1.82, 2.24) is 15.3 Å². The fraction of sp³-hybridized carbons (Fsp3) is 0.545. The molecule has 0 saturated carbocycles. The Morgan fingerprint density at radius 1 is 1.29 bits per heavy atom. The van der Waals surface area contributed by atoms with Crippen LogP contribution in [0, 0.1) is 0 Å². The van der Waals surface area contributed by atoms with Gasteiger partial charge in [0.15, 0.2) is 0 Å². The summed E-state index contributed by atoms with van der Waals surface area (Å²) < 4.78 is 0. The summed E-state index contributed by atoms with van der Waals surface area (Å²) in [6.07, 6.45) is 5.34. The quantitative estimate of drug-likeness (QED) is 0.626. The smallest absolute Gasteiger partial charge is 0.325 e. The maximum Gasteiger partial charge on any atom is 0.325 e. The van der Waals surface area contributed by atoms with Crippen molar-refractivity contribution in [2.24, 2.45) is 0 Å². The van der Waals surface area contributed by atoms with Crippen LogP contribution in [-0.4, -0.2) is 22.4 Å². The lowest BCUT2D eigenvalue weighted by Gasteiger charge is -2.03. The number of nitrogens with one attached hydrogen (secondary N) is 3. The van der Waals surface area contributed by atoms with E-state index in [-0.39, 0.29) is 5.56 Å². The fourth-order valence-corrected chi connectivity index (χ4v) is 1.43. The monoisotopic (exact) mass is 239 g/mol. The molecule has 17 heavy (non-hydrogen) atoms. The number of rotatable bonds is 6. The molecule has 0 aromatic carbocycles. The summed E-state index contributed by atoms with van der Waals surface area (Å²) in [4.78, 5) is 37.9. The molecule has 6 heteroatoms. The summed E-state index contributed by atoms with van der Waals surface area (Å²) in [6.45, 7) is 2.65. The SMILES string of the molecule is CCCCCCNC(=O)c1c[nH]c(=O)[nH]c1=O. The zero-order valence-electron chi connectivity index (χ0n) is 9.84. The van der Waals surface area contributed by atoms with Gasteiger partial charge in [-0.15, -0.1) is 0 Å². The van der Waals surface area contributed by atoms with E-state index < -0.39 is 17.2 Å². The third-order valence-electron chi connectivity index (χ3n) is 2.38. The average Bonchev–Trinajstić information content (AvgIpc) is 2.28. The molecular formula is C11H17N3O3. The number of aromatic amines is 2. The van der Waals surface area contributed by atoms with E-state index in [1.54, 1.807) is 0 Å². The number of aromatic nitrogens is 2. The minimum Gasteiger partial charge on any atom is -0.352 e. The van der Waals surface area contributed by atoms with Gasteiger partial charge in [0, 0.05) is 12.7 Å². The van der Waals surface area contributed by atoms with Gasteiger partial charge >= 0.3 is 5.69 Å². The number of unbranched alkanes of at least 4 members (excludes halogenated alkanes) is 3. The minimum atomic E-state index is -0.667. The van der Waals surface area contributed by atoms with Crippen molar-refractivity contribution < 1.29 is 4.79 Å². The molecule has 1 aromatic rings. The molecule has 0 spiro atoms. The molecule has 3 N–H and O–H groups in total. The molecule has 1 aromatic heterocycles. The van der Waals surface area contributed by atoms with E-state index in [2.05, 4.69) is 17.2 Å². The molecule has 0 aliphatic carbocycles. The molecular weight excluding hydrogens is 222 g/mol. The van der Waals surface area contributed by atoms with Crippen LogP contribution in [-0.2, 0) is 0 Å². The van der Waals surface area contributed by atoms with Gasteiger partial charge in [-0.25, -0.2) is 4.79 Å². The lowest BCUT2D eigenvalue weighted by molar-refractivity contribution is 0.0951. The Hall–Kier alpha value is -1.85. The first kappa shape index (κ1) is 13.2. The van der Waals surface area contributed by atoms with Crippen molar-refractivity contribution in [2.75, 3.05) is 6.54 Å². The summed E-state index contributed by atoms with van der Waals surface area (Å²) in [5, 5.41) is 2.64. The molecule has 0 atom stereocenters. The zero-order chi connectivity index (χ0) is 12.7. The maximum atomic E-state index is 11.6. The number of carbonyl (C=O) groups is 1. The number of amides is 1. The van der Waals surface area contributed by atoms with Crippen molar-refractivity contribution in [3.63, 3.8) is 0 Å². The Morgan fingerprint density at radius 2 is 2.06 bits per heavy atom. The van der Waals surface area contributed by atoms with E-state index in [1.807, 2.05) is 4.98 Å². The molecule has 0 unspecified atom stereocenters. The largest absolute Gasteiger partial charge is 0.352 e. The third-order valence-corrected chi connectivity index (χ3v) is 2.38. The molecule has 1 amide bonds. The van der Waals surface area contributed by atoms with E-state index in [4.69, 9.17) is 0 Å². The molecule has 0 bridgehead atoms. The van der Waals surface area contributed by atoms with Gasteiger partial charge in [0.1, 0.15) is 5.56 Å². The molecule has 0 fully saturated rings. The van der Waals surface area contributed by atoms with Gasteiger partial charge in [-0.05, 0) is 6.42 Å². The number of hydrogen-bond acceptors (Lipinski definition) is 3. The van der Waals surface area contributed by atoms with Gasteiger partial charge in [-0.3, -0.25) is 14.6 Å². The molecule has 0 saturated heterocycles. The van der Waals surface area contributed by atoms with Gasteiger partial charge in [-0.2, -0.15) is 0 Å². The van der Waals surface area contributed by atoms with Crippen molar-refractivity contribution in [1.29, 1.82) is 0 Å². The van der Waals surface area contributed by atoms with E-state index in [0.29, 0.717) is 6.54 Å². The topological polar surface area (TPSA) is 94.8 Å². The average molecular weight is 239 g/mol. The molecule has 6 nitrogen and oxygen atoms in total. The van der Waals surface area contributed by atoms with Crippen LogP contribution in [0.4, 0.5) is 0 Å². The van der Waals surface area contributed by atoms with Crippen LogP contribution < -0.4 is 16.6 Å². The van der Waals surface area contributed by atoms with E-state index in [0.717, 1.165) is 31.9 Å². The highest BCUT2D eigenvalue weighted by molar-refractivity contribution is 5.93. The Balaban J connectivity index is 2.47. The summed E-state index contributed by atoms with van der Waals surface area (Å²) in [7, 11) is 0. The predicted octanol–water partition coefficient (Wildman–Crippen LogP) is 0.373. The van der Waals surface area contributed by atoms with Crippen LogP contribution >= 0.6 is 0 Å². The van der Waals surface area contributed by atoms with Crippen LogP contribution in [0.25, 0.3) is 0 Å². The van der Waals surface area contributed by atoms with Crippen LogP contribution in [0.1, 0.15) is 43.0 Å². The van der Waals surface area contributed by atoms with Crippen molar-refractivity contribution >= 4 is 5.91 Å². The second-order valence-electron chi connectivity index (χ2n) is 3.80. The highest BCUT2D eigenvalue weighted by atomic mass is 16.2. The first-order valence-electron chi connectivity index (χ1n) is 5.75. The van der Waals surface area contributed by atoms with Gasteiger partial charge in [0.2, 0.25) is 0 Å². The second kappa shape index (κ2) is 6.67. The Morgan fingerprint density at radius 3 is 2.71 bits per heavy atom. The van der Waals surface area contributed by atoms with Gasteiger partial charge in [-0.1, -0.05) is 26.2 Å². The summed E-state index contributed by atoms with van der Waals surface area (Å²) in [6, 6.07) is 0. The molecule has 0 radical (unpaired) electrons. The van der Waals surface area contributed by atoms with E-state index in [9.17, 15) is 14.4 Å². The van der Waals surface area contributed by atoms with Crippen LogP contribution in [0.2, 0.25) is 0 Å². The van der Waals surface area contributed by atoms with Gasteiger partial charge in [0.25, 0.3) is 11.5 Å². The highest BCUT2D eigenvalue weighted by Gasteiger charge is 2.09. The van der Waals surface area contributed by atoms with E-state index >= 15 is 0 Å². The van der Waals surface area contributed by atoms with Crippen LogP contribution in [0.15, 0.2) is 15.8 Å². The third kappa shape index (κ3) is 4.26. The van der Waals surface area contributed by atoms with Crippen molar-refractivity contribution in [2.45, 2.75) is 32.6 Å². The predicted molar refractivity (Wildman–Crippen MR) is 64.2 cm³/mol. The van der Waals surface area contributed by atoms with Gasteiger partial charge < -0.3 is 10.3 Å². The van der Waals surface area contributed by atoms with Crippen molar-refractivity contribution in [3.05, 3.63) is 32.6 Å². The first-order valence-corrected chi connectivity index (χ1v) is 5.75. The van der Waals surface area contributed by atoms with Gasteiger partial charge in [0.05, 0.1) is 0 Å². The molecule has 0 aliphatic heterocycles. The lowest BCUT2D eigenvalue weighted by Crippen LogP contribution is -2.33. The summed E-state index contributed by atoms with van der Waals surface area (Å²) in [5.41, 5.74) is -1.35. The second-order valence-corrected chi connectivity index (χ2v) is 3.80. The molecule has 0 aliphatic rings. The number of hydrogen-bond donors (Lipinski definition) is 3. The van der Waals surface area contributed by atoms with Crippen molar-refractivity contribution in [3.8, 4) is 0 Å². The molecule has 1 heterocycles.